The van der Waals surface area contributed by atoms with Gasteiger partial charge in [-0.1, -0.05) is 6.92 Å². The third-order valence-electron chi connectivity index (χ3n) is 1.75. The lowest BCUT2D eigenvalue weighted by Crippen LogP contribution is -2.21. The number of furan rings is 1. The van der Waals surface area contributed by atoms with Crippen LogP contribution in [0.3, 0.4) is 0 Å². The summed E-state index contributed by atoms with van der Waals surface area (Å²) in [4.78, 5) is 0. The molecule has 0 saturated carbocycles. The average Bonchev–Trinajstić information content (AvgIpc) is 2.50. The van der Waals surface area contributed by atoms with Crippen LogP contribution in [0, 0.1) is 0 Å². The van der Waals surface area contributed by atoms with Crippen molar-refractivity contribution in [2.24, 2.45) is 11.5 Å². The van der Waals surface area contributed by atoms with Crippen molar-refractivity contribution in [1.29, 1.82) is 0 Å². The minimum Gasteiger partial charge on any atom is -0.469 e. The van der Waals surface area contributed by atoms with Crippen LogP contribution >= 0.6 is 0 Å². The molecule has 3 heteroatoms. The van der Waals surface area contributed by atoms with E-state index < -0.39 is 0 Å². The summed E-state index contributed by atoms with van der Waals surface area (Å²) in [7, 11) is 0. The molecule has 0 saturated heterocycles. The molecule has 1 aromatic heterocycles. The Balaban J connectivity index is 2.83. The Bertz CT molecular complexity index is 220. The largest absolute Gasteiger partial charge is 0.469 e. The van der Waals surface area contributed by atoms with Gasteiger partial charge in [0.1, 0.15) is 5.76 Å². The van der Waals surface area contributed by atoms with Crippen molar-refractivity contribution in [2.75, 3.05) is 6.54 Å². The van der Waals surface area contributed by atoms with Gasteiger partial charge in [-0.15, -0.1) is 0 Å². The van der Waals surface area contributed by atoms with Gasteiger partial charge < -0.3 is 15.9 Å². The molecule has 0 radical (unpaired) electrons. The Morgan fingerprint density at radius 1 is 1.64 bits per heavy atom. The lowest BCUT2D eigenvalue weighted by molar-refractivity contribution is 0.506. The van der Waals surface area contributed by atoms with E-state index in [9.17, 15) is 0 Å². The SMILES string of the molecule is CCc1occc1C(N)CN. The number of aryl methyl sites for hydroxylation is 1. The Labute approximate surface area is 66.4 Å². The summed E-state index contributed by atoms with van der Waals surface area (Å²) < 4.78 is 5.20. The van der Waals surface area contributed by atoms with Crippen molar-refractivity contribution in [3.63, 3.8) is 0 Å². The normalized spacial score (nSPS) is 13.4. The topological polar surface area (TPSA) is 65.2 Å². The van der Waals surface area contributed by atoms with Crippen molar-refractivity contribution in [3.05, 3.63) is 23.7 Å². The van der Waals surface area contributed by atoms with Crippen LogP contribution in [-0.4, -0.2) is 6.54 Å². The third-order valence-corrected chi connectivity index (χ3v) is 1.75. The summed E-state index contributed by atoms with van der Waals surface area (Å²) in [5, 5.41) is 0. The first kappa shape index (κ1) is 8.30. The molecule has 62 valence electrons. The highest BCUT2D eigenvalue weighted by molar-refractivity contribution is 5.21. The van der Waals surface area contributed by atoms with Gasteiger partial charge in [-0.2, -0.15) is 0 Å². The van der Waals surface area contributed by atoms with E-state index in [0.717, 1.165) is 17.7 Å². The highest BCUT2D eigenvalue weighted by Crippen LogP contribution is 2.16. The highest BCUT2D eigenvalue weighted by atomic mass is 16.3. The van der Waals surface area contributed by atoms with Gasteiger partial charge in [0.2, 0.25) is 0 Å². The van der Waals surface area contributed by atoms with Crippen LogP contribution < -0.4 is 11.5 Å². The summed E-state index contributed by atoms with van der Waals surface area (Å²) in [5.74, 6) is 0.947. The fourth-order valence-electron chi connectivity index (χ4n) is 1.10. The van der Waals surface area contributed by atoms with Crippen LogP contribution in [-0.2, 0) is 6.42 Å². The molecule has 0 amide bonds. The lowest BCUT2D eigenvalue weighted by atomic mass is 10.1. The van der Waals surface area contributed by atoms with E-state index in [2.05, 4.69) is 0 Å². The smallest absolute Gasteiger partial charge is 0.108 e. The van der Waals surface area contributed by atoms with Crippen LogP contribution in [0.2, 0.25) is 0 Å². The van der Waals surface area contributed by atoms with Crippen molar-refractivity contribution in [3.8, 4) is 0 Å². The van der Waals surface area contributed by atoms with Crippen LogP contribution in [0.1, 0.15) is 24.3 Å². The van der Waals surface area contributed by atoms with Crippen molar-refractivity contribution in [1.82, 2.24) is 0 Å². The molecular formula is C8H14N2O. The molecule has 0 fully saturated rings. The van der Waals surface area contributed by atoms with Crippen LogP contribution in [0.4, 0.5) is 0 Å². The first-order valence-electron chi connectivity index (χ1n) is 3.81. The first-order chi connectivity index (χ1) is 5.29. The molecule has 0 aromatic carbocycles. The van der Waals surface area contributed by atoms with Gasteiger partial charge in [0.15, 0.2) is 0 Å². The summed E-state index contributed by atoms with van der Waals surface area (Å²) in [6, 6.07) is 1.81. The minimum atomic E-state index is -0.0799. The van der Waals surface area contributed by atoms with Crippen LogP contribution in [0.25, 0.3) is 0 Å². The zero-order valence-electron chi connectivity index (χ0n) is 6.71. The number of nitrogens with two attached hydrogens (primary N) is 2. The fourth-order valence-corrected chi connectivity index (χ4v) is 1.10. The molecule has 1 heterocycles. The first-order valence-corrected chi connectivity index (χ1v) is 3.81. The van der Waals surface area contributed by atoms with Gasteiger partial charge in [0.05, 0.1) is 6.26 Å². The monoisotopic (exact) mass is 154 g/mol. The predicted molar refractivity (Wildman–Crippen MR) is 44.1 cm³/mol. The molecule has 1 unspecified atom stereocenters. The molecule has 1 rings (SSSR count). The van der Waals surface area contributed by atoms with Crippen molar-refractivity contribution >= 4 is 0 Å². The minimum absolute atomic E-state index is 0.0799. The maximum absolute atomic E-state index is 5.73. The second kappa shape index (κ2) is 3.55. The Morgan fingerprint density at radius 3 is 2.91 bits per heavy atom. The molecule has 0 spiro atoms. The van der Waals surface area contributed by atoms with Gasteiger partial charge in [0, 0.05) is 24.6 Å². The lowest BCUT2D eigenvalue weighted by Gasteiger charge is -2.06. The third kappa shape index (κ3) is 1.61. The van der Waals surface area contributed by atoms with E-state index >= 15 is 0 Å². The maximum atomic E-state index is 5.73. The Kier molecular flexibility index (Phi) is 2.68. The summed E-state index contributed by atoms with van der Waals surface area (Å²) in [5.41, 5.74) is 12.2. The molecule has 0 aliphatic rings. The molecule has 1 atom stereocenters. The maximum Gasteiger partial charge on any atom is 0.108 e. The van der Waals surface area contributed by atoms with Crippen molar-refractivity contribution in [2.45, 2.75) is 19.4 Å². The summed E-state index contributed by atoms with van der Waals surface area (Å²) >= 11 is 0. The van der Waals surface area contributed by atoms with E-state index in [4.69, 9.17) is 15.9 Å². The summed E-state index contributed by atoms with van der Waals surface area (Å²) in [6.07, 6.45) is 2.53. The van der Waals surface area contributed by atoms with E-state index in [1.54, 1.807) is 6.26 Å². The number of hydrogen-bond donors (Lipinski definition) is 2. The predicted octanol–water partition coefficient (Wildman–Crippen LogP) is 0.801. The molecule has 0 aliphatic carbocycles. The highest BCUT2D eigenvalue weighted by Gasteiger charge is 2.10. The molecule has 0 bridgehead atoms. The standard InChI is InChI=1S/C8H14N2O/c1-2-8-6(3-4-11-8)7(10)5-9/h3-4,7H,2,5,9-10H2,1H3. The quantitative estimate of drug-likeness (QED) is 0.676. The average molecular weight is 154 g/mol. The van der Waals surface area contributed by atoms with E-state index in [1.165, 1.54) is 0 Å². The number of rotatable bonds is 3. The van der Waals surface area contributed by atoms with E-state index in [0.29, 0.717) is 6.54 Å². The molecule has 11 heavy (non-hydrogen) atoms. The van der Waals surface area contributed by atoms with Gasteiger partial charge in [-0.05, 0) is 6.07 Å². The van der Waals surface area contributed by atoms with Gasteiger partial charge in [-0.25, -0.2) is 0 Å². The van der Waals surface area contributed by atoms with Crippen molar-refractivity contribution < 1.29 is 4.42 Å². The van der Waals surface area contributed by atoms with Gasteiger partial charge >= 0.3 is 0 Å². The molecule has 3 nitrogen and oxygen atoms in total. The second-order valence-electron chi connectivity index (χ2n) is 2.49. The fraction of sp³-hybridized carbons (Fsp3) is 0.500. The van der Waals surface area contributed by atoms with Gasteiger partial charge in [0.25, 0.3) is 0 Å². The molecule has 4 N–H and O–H groups in total. The summed E-state index contributed by atoms with van der Waals surface area (Å²) in [6.45, 7) is 2.50. The van der Waals surface area contributed by atoms with Gasteiger partial charge in [-0.3, -0.25) is 0 Å². The number of hydrogen-bond acceptors (Lipinski definition) is 3. The Morgan fingerprint density at radius 2 is 2.36 bits per heavy atom. The molecule has 1 aromatic rings. The Hall–Kier alpha value is -0.800. The molecule has 0 aliphatic heterocycles. The van der Waals surface area contributed by atoms with E-state index in [1.807, 2.05) is 13.0 Å². The zero-order chi connectivity index (χ0) is 8.27. The van der Waals surface area contributed by atoms with Crippen LogP contribution in [0.15, 0.2) is 16.7 Å². The zero-order valence-corrected chi connectivity index (χ0v) is 6.71. The second-order valence-corrected chi connectivity index (χ2v) is 2.49. The molecular weight excluding hydrogens is 140 g/mol. The van der Waals surface area contributed by atoms with Crippen LogP contribution in [0.5, 0.6) is 0 Å². The van der Waals surface area contributed by atoms with E-state index in [-0.39, 0.29) is 6.04 Å².